The summed E-state index contributed by atoms with van der Waals surface area (Å²) in [5.74, 6) is -0.234. The van der Waals surface area contributed by atoms with Crippen molar-refractivity contribution in [1.29, 1.82) is 0 Å². The molecule has 9 N–H and O–H groups in total. The van der Waals surface area contributed by atoms with Gasteiger partial charge in [-0.1, -0.05) is 257 Å². The molecular weight excluding hydrogens is 943 g/mol. The Hall–Kier alpha value is -1.27. The van der Waals surface area contributed by atoms with Gasteiger partial charge in [-0.3, -0.25) is 4.79 Å². The van der Waals surface area contributed by atoms with Crippen LogP contribution in [0.1, 0.15) is 271 Å². The molecular formula is C60H115NO13. The molecule has 0 aromatic rings. The van der Waals surface area contributed by atoms with Crippen molar-refractivity contribution in [2.45, 2.75) is 344 Å². The van der Waals surface area contributed by atoms with Gasteiger partial charge in [-0.25, -0.2) is 0 Å². The van der Waals surface area contributed by atoms with E-state index >= 15 is 0 Å². The molecule has 2 aliphatic heterocycles. The fourth-order valence-electron chi connectivity index (χ4n) is 10.5. The van der Waals surface area contributed by atoms with Crippen LogP contribution in [0.15, 0.2) is 12.2 Å². The third-order valence-electron chi connectivity index (χ3n) is 15.5. The van der Waals surface area contributed by atoms with E-state index in [1.807, 2.05) is 6.08 Å². The van der Waals surface area contributed by atoms with E-state index in [9.17, 15) is 45.6 Å². The fourth-order valence-corrected chi connectivity index (χ4v) is 10.5. The first kappa shape index (κ1) is 68.8. The Kier molecular flexibility index (Phi) is 43.4. The summed E-state index contributed by atoms with van der Waals surface area (Å²) in [6.45, 7) is 2.82. The number of aliphatic hydroxyl groups excluding tert-OH is 8. The number of carbonyl (C=O) groups is 1. The minimum absolute atomic E-state index is 0.234. The molecule has 2 fully saturated rings. The van der Waals surface area contributed by atoms with Crippen LogP contribution < -0.4 is 5.32 Å². The summed E-state index contributed by atoms with van der Waals surface area (Å²) in [5.41, 5.74) is 0. The lowest BCUT2D eigenvalue weighted by molar-refractivity contribution is -0.359. The third-order valence-corrected chi connectivity index (χ3v) is 15.5. The number of rotatable bonds is 50. The van der Waals surface area contributed by atoms with Crippen molar-refractivity contribution < 1.29 is 64.6 Å². The van der Waals surface area contributed by atoms with E-state index in [4.69, 9.17) is 18.9 Å². The van der Waals surface area contributed by atoms with Gasteiger partial charge in [0.2, 0.25) is 5.91 Å². The Bertz CT molecular complexity index is 1290. The number of hydrogen-bond acceptors (Lipinski definition) is 13. The number of amides is 1. The molecule has 0 bridgehead atoms. The second-order valence-corrected chi connectivity index (χ2v) is 22.2. The third kappa shape index (κ3) is 32.0. The molecule has 1 amide bonds. The molecule has 438 valence electrons. The first-order valence-electron chi connectivity index (χ1n) is 30.9. The second kappa shape index (κ2) is 46.6. The summed E-state index contributed by atoms with van der Waals surface area (Å²) in [6, 6.07) is -0.909. The van der Waals surface area contributed by atoms with Gasteiger partial charge < -0.3 is 65.1 Å². The van der Waals surface area contributed by atoms with Crippen LogP contribution in [0, 0.1) is 0 Å². The molecule has 0 saturated carbocycles. The highest BCUT2D eigenvalue weighted by atomic mass is 16.7. The Morgan fingerprint density at radius 3 is 1.24 bits per heavy atom. The van der Waals surface area contributed by atoms with Gasteiger partial charge in [-0.2, -0.15) is 0 Å². The van der Waals surface area contributed by atoms with Crippen molar-refractivity contribution in [2.24, 2.45) is 0 Å². The number of hydrogen-bond donors (Lipinski definition) is 9. The molecule has 0 spiro atoms. The van der Waals surface area contributed by atoms with Gasteiger partial charge in [-0.15, -0.1) is 0 Å². The van der Waals surface area contributed by atoms with Crippen molar-refractivity contribution in [3.63, 3.8) is 0 Å². The van der Waals surface area contributed by atoms with Gasteiger partial charge in [0.25, 0.3) is 0 Å². The number of nitrogens with one attached hydrogen (secondary N) is 1. The van der Waals surface area contributed by atoms with E-state index in [1.54, 1.807) is 6.08 Å². The van der Waals surface area contributed by atoms with Crippen LogP contribution in [-0.2, 0) is 23.7 Å². The Morgan fingerprint density at radius 1 is 0.473 bits per heavy atom. The zero-order valence-electron chi connectivity index (χ0n) is 47.1. The van der Waals surface area contributed by atoms with E-state index in [1.165, 1.54) is 205 Å². The van der Waals surface area contributed by atoms with E-state index in [0.717, 1.165) is 38.5 Å². The van der Waals surface area contributed by atoms with Crippen molar-refractivity contribution in [1.82, 2.24) is 5.32 Å². The monoisotopic (exact) mass is 1060 g/mol. The maximum atomic E-state index is 13.2. The molecule has 12 unspecified atom stereocenters. The maximum absolute atomic E-state index is 13.2. The largest absolute Gasteiger partial charge is 0.394 e. The summed E-state index contributed by atoms with van der Waals surface area (Å²) in [4.78, 5) is 13.2. The zero-order chi connectivity index (χ0) is 53.9. The molecule has 0 aliphatic carbocycles. The van der Waals surface area contributed by atoms with Crippen molar-refractivity contribution in [2.75, 3.05) is 19.8 Å². The molecule has 2 aliphatic rings. The van der Waals surface area contributed by atoms with Crippen molar-refractivity contribution >= 4 is 5.91 Å². The van der Waals surface area contributed by atoms with Crippen LogP contribution in [-0.4, -0.2) is 140 Å². The second-order valence-electron chi connectivity index (χ2n) is 22.2. The van der Waals surface area contributed by atoms with E-state index in [0.29, 0.717) is 6.42 Å². The molecule has 0 aromatic carbocycles. The van der Waals surface area contributed by atoms with Crippen LogP contribution >= 0.6 is 0 Å². The summed E-state index contributed by atoms with van der Waals surface area (Å²) < 4.78 is 22.8. The molecule has 2 saturated heterocycles. The smallest absolute Gasteiger partial charge is 0.220 e. The average Bonchev–Trinajstić information content (AvgIpc) is 3.40. The average molecular weight is 1060 g/mol. The molecule has 74 heavy (non-hydrogen) atoms. The SMILES string of the molecule is CCCCCCCCCCCCC/C=C/C(O)C(COC1OC(CO)C(OC2OC(CO)C(O)C(O)C2O)C(O)C1O)NC(=O)CCCCCCCCCCCCCCCCCCCCCCCCCCCCC. The Balaban J connectivity index is 1.68. The van der Waals surface area contributed by atoms with Crippen LogP contribution in [0.5, 0.6) is 0 Å². The number of ether oxygens (including phenoxy) is 4. The van der Waals surface area contributed by atoms with Gasteiger partial charge in [0.05, 0.1) is 32.0 Å². The van der Waals surface area contributed by atoms with Gasteiger partial charge in [0.15, 0.2) is 12.6 Å². The van der Waals surface area contributed by atoms with E-state index < -0.39 is 86.8 Å². The molecule has 14 heteroatoms. The van der Waals surface area contributed by atoms with Gasteiger partial charge in [0.1, 0.15) is 48.8 Å². The Labute approximate surface area is 450 Å². The van der Waals surface area contributed by atoms with Gasteiger partial charge in [0, 0.05) is 6.42 Å². The quantitative estimate of drug-likeness (QED) is 0.0204. The van der Waals surface area contributed by atoms with Crippen molar-refractivity contribution in [3.05, 3.63) is 12.2 Å². The van der Waals surface area contributed by atoms with E-state index in [-0.39, 0.29) is 18.9 Å². The Morgan fingerprint density at radius 2 is 0.838 bits per heavy atom. The lowest BCUT2D eigenvalue weighted by atomic mass is 9.97. The normalized spacial score (nSPS) is 25.2. The number of carbonyl (C=O) groups excluding carboxylic acids is 1. The highest BCUT2D eigenvalue weighted by molar-refractivity contribution is 5.76. The first-order valence-corrected chi connectivity index (χ1v) is 30.9. The predicted molar refractivity (Wildman–Crippen MR) is 295 cm³/mol. The van der Waals surface area contributed by atoms with Gasteiger partial charge >= 0.3 is 0 Å². The lowest BCUT2D eigenvalue weighted by Crippen LogP contribution is -2.65. The highest BCUT2D eigenvalue weighted by Crippen LogP contribution is 2.30. The predicted octanol–water partition coefficient (Wildman–Crippen LogP) is 10.7. The number of allylic oxidation sites excluding steroid dienone is 1. The van der Waals surface area contributed by atoms with Crippen LogP contribution in [0.2, 0.25) is 0 Å². The fraction of sp³-hybridized carbons (Fsp3) is 0.950. The molecule has 0 radical (unpaired) electrons. The van der Waals surface area contributed by atoms with Crippen LogP contribution in [0.25, 0.3) is 0 Å². The minimum atomic E-state index is -1.78. The van der Waals surface area contributed by atoms with Gasteiger partial charge in [-0.05, 0) is 19.3 Å². The zero-order valence-corrected chi connectivity index (χ0v) is 47.1. The van der Waals surface area contributed by atoms with Crippen LogP contribution in [0.4, 0.5) is 0 Å². The van der Waals surface area contributed by atoms with E-state index in [2.05, 4.69) is 19.2 Å². The summed E-state index contributed by atoms with van der Waals surface area (Å²) in [6.07, 6.45) is 37.0. The summed E-state index contributed by atoms with van der Waals surface area (Å²) >= 11 is 0. The molecule has 14 nitrogen and oxygen atoms in total. The first-order chi connectivity index (χ1) is 36.1. The molecule has 0 aromatic heterocycles. The molecule has 12 atom stereocenters. The minimum Gasteiger partial charge on any atom is -0.394 e. The molecule has 2 heterocycles. The van der Waals surface area contributed by atoms with Crippen molar-refractivity contribution in [3.8, 4) is 0 Å². The highest BCUT2D eigenvalue weighted by Gasteiger charge is 2.51. The van der Waals surface area contributed by atoms with Crippen LogP contribution in [0.3, 0.4) is 0 Å². The summed E-state index contributed by atoms with van der Waals surface area (Å²) in [7, 11) is 0. The standard InChI is InChI=1S/C60H115NO13/c1-3-5-7-9-11-13-15-17-18-19-20-21-22-23-24-25-26-27-28-29-30-32-34-36-38-40-42-44-52(65)61-48(49(64)43-41-39-37-35-33-31-16-14-12-10-8-6-4-2)47-71-59-57(70)55(68)58(51(46-63)73-59)74-60-56(69)54(67)53(66)50(45-62)72-60/h41,43,48-51,53-60,62-64,66-70H,3-40,42,44-47H2,1-2H3,(H,61,65)/b43-41+. The lowest BCUT2D eigenvalue weighted by Gasteiger charge is -2.46. The topological polar surface area (TPSA) is 228 Å². The maximum Gasteiger partial charge on any atom is 0.220 e. The number of aliphatic hydroxyl groups is 8. The summed E-state index contributed by atoms with van der Waals surface area (Å²) in [5, 5.41) is 87.0. The molecule has 2 rings (SSSR count). The number of unbranched alkanes of at least 4 members (excludes halogenated alkanes) is 37.